The largest absolute Gasteiger partial charge is 0.507 e. The minimum atomic E-state index is -0.854. The molecule has 0 aromatic heterocycles. The normalized spacial score (nSPS) is 18.4. The minimum Gasteiger partial charge on any atom is -0.507 e. The summed E-state index contributed by atoms with van der Waals surface area (Å²) < 4.78 is 10.6. The molecule has 7 heteroatoms. The van der Waals surface area contributed by atoms with Crippen LogP contribution < -0.4 is 9.47 Å². The Labute approximate surface area is 162 Å². The van der Waals surface area contributed by atoms with Gasteiger partial charge in [-0.25, -0.2) is 0 Å². The number of ketones is 1. The van der Waals surface area contributed by atoms with E-state index < -0.39 is 17.7 Å². The number of hydrogen-bond acceptors (Lipinski definition) is 6. The van der Waals surface area contributed by atoms with Crippen LogP contribution in [0.25, 0.3) is 5.76 Å². The first-order chi connectivity index (χ1) is 13.5. The molecule has 1 heterocycles. The summed E-state index contributed by atoms with van der Waals surface area (Å²) in [5, 5.41) is 20.2. The molecular weight excluding hydrogens is 362 g/mol. The van der Waals surface area contributed by atoms with Gasteiger partial charge in [-0.05, 0) is 17.7 Å². The Balaban J connectivity index is 2.20. The zero-order chi connectivity index (χ0) is 20.3. The first kappa shape index (κ1) is 19.4. The number of aliphatic hydroxyl groups is 2. The van der Waals surface area contributed by atoms with Crippen LogP contribution in [0.1, 0.15) is 17.2 Å². The Hall–Kier alpha value is -3.32. The fourth-order valence-electron chi connectivity index (χ4n) is 3.34. The number of β-amino-alcohol motifs (C(OH)–C–C–N with tert-alkyl or cyclic N) is 1. The number of Topliss-reactive ketones (excluding diaryl/α,β-unsaturated/α-hetero) is 1. The van der Waals surface area contributed by atoms with Crippen LogP contribution in [0.3, 0.4) is 0 Å². The number of benzene rings is 2. The standard InChI is InChI=1S/C21H21NO6/c1-27-15-9-8-14(12-16(15)28-2)18-17(19(24)13-6-4-3-5-7-13)20(25)21(26)22(18)10-11-23/h3-9,12,18,23-24H,10-11H2,1-2H3/b19-17-. The van der Waals surface area contributed by atoms with Crippen LogP contribution >= 0.6 is 0 Å². The highest BCUT2D eigenvalue weighted by molar-refractivity contribution is 6.46. The lowest BCUT2D eigenvalue weighted by Gasteiger charge is -2.25. The first-order valence-corrected chi connectivity index (χ1v) is 8.70. The third-order valence-electron chi connectivity index (χ3n) is 4.65. The minimum absolute atomic E-state index is 0.0307. The van der Waals surface area contributed by atoms with E-state index in [-0.39, 0.29) is 24.5 Å². The van der Waals surface area contributed by atoms with E-state index in [0.717, 1.165) is 0 Å². The average Bonchev–Trinajstić information content (AvgIpc) is 2.98. The van der Waals surface area contributed by atoms with Gasteiger partial charge in [0.25, 0.3) is 11.7 Å². The molecule has 1 fully saturated rings. The molecule has 1 saturated heterocycles. The predicted octanol–water partition coefficient (Wildman–Crippen LogP) is 2.12. The zero-order valence-corrected chi connectivity index (χ0v) is 15.6. The second kappa shape index (κ2) is 8.14. The van der Waals surface area contributed by atoms with Crippen LogP contribution in [0.5, 0.6) is 11.5 Å². The van der Waals surface area contributed by atoms with E-state index in [1.54, 1.807) is 48.5 Å². The van der Waals surface area contributed by atoms with Crippen molar-refractivity contribution < 1.29 is 29.3 Å². The number of likely N-dealkylation sites (tertiary alicyclic amines) is 1. The molecule has 146 valence electrons. The smallest absolute Gasteiger partial charge is 0.295 e. The molecule has 3 rings (SSSR count). The second-order valence-corrected chi connectivity index (χ2v) is 6.20. The van der Waals surface area contributed by atoms with Crippen molar-refractivity contribution in [3.63, 3.8) is 0 Å². The zero-order valence-electron chi connectivity index (χ0n) is 15.6. The number of aliphatic hydroxyl groups excluding tert-OH is 2. The number of rotatable bonds is 6. The molecule has 0 saturated carbocycles. The first-order valence-electron chi connectivity index (χ1n) is 8.70. The Bertz CT molecular complexity index is 922. The number of nitrogens with zero attached hydrogens (tertiary/aromatic N) is 1. The molecule has 0 radical (unpaired) electrons. The van der Waals surface area contributed by atoms with Gasteiger partial charge in [0.05, 0.1) is 32.4 Å². The van der Waals surface area contributed by atoms with E-state index >= 15 is 0 Å². The van der Waals surface area contributed by atoms with Gasteiger partial charge in [0.15, 0.2) is 11.5 Å². The predicted molar refractivity (Wildman–Crippen MR) is 102 cm³/mol. The number of hydrogen-bond donors (Lipinski definition) is 2. The molecule has 2 aromatic carbocycles. The van der Waals surface area contributed by atoms with Gasteiger partial charge in [-0.1, -0.05) is 36.4 Å². The van der Waals surface area contributed by atoms with Crippen LogP contribution in [0.2, 0.25) is 0 Å². The second-order valence-electron chi connectivity index (χ2n) is 6.20. The number of ether oxygens (including phenoxy) is 2. The van der Waals surface area contributed by atoms with Crippen LogP contribution in [0.4, 0.5) is 0 Å². The van der Waals surface area contributed by atoms with Crippen molar-refractivity contribution in [2.75, 3.05) is 27.4 Å². The van der Waals surface area contributed by atoms with Gasteiger partial charge in [0.1, 0.15) is 5.76 Å². The van der Waals surface area contributed by atoms with Crippen molar-refractivity contribution in [3.8, 4) is 11.5 Å². The summed E-state index contributed by atoms with van der Waals surface area (Å²) in [5.74, 6) is -0.914. The molecule has 1 aliphatic rings. The highest BCUT2D eigenvalue weighted by Crippen LogP contribution is 2.41. The van der Waals surface area contributed by atoms with Crippen molar-refractivity contribution in [2.45, 2.75) is 6.04 Å². The van der Waals surface area contributed by atoms with E-state index in [9.17, 15) is 19.8 Å². The number of carbonyl (C=O) groups excluding carboxylic acids is 2. The van der Waals surface area contributed by atoms with Crippen molar-refractivity contribution in [1.29, 1.82) is 0 Å². The molecular formula is C21H21NO6. The molecule has 2 N–H and O–H groups in total. The number of amides is 1. The highest BCUT2D eigenvalue weighted by atomic mass is 16.5. The summed E-state index contributed by atoms with van der Waals surface area (Å²) in [7, 11) is 2.99. The summed E-state index contributed by atoms with van der Waals surface area (Å²) >= 11 is 0. The third-order valence-corrected chi connectivity index (χ3v) is 4.65. The molecule has 0 aliphatic carbocycles. The van der Waals surface area contributed by atoms with E-state index in [1.165, 1.54) is 19.1 Å². The van der Waals surface area contributed by atoms with Crippen molar-refractivity contribution >= 4 is 17.4 Å². The van der Waals surface area contributed by atoms with Crippen LogP contribution in [0, 0.1) is 0 Å². The van der Waals surface area contributed by atoms with Crippen LogP contribution in [0.15, 0.2) is 54.1 Å². The van der Waals surface area contributed by atoms with Gasteiger partial charge in [-0.15, -0.1) is 0 Å². The van der Waals surface area contributed by atoms with E-state index in [0.29, 0.717) is 22.6 Å². The van der Waals surface area contributed by atoms with E-state index in [4.69, 9.17) is 9.47 Å². The summed E-state index contributed by atoms with van der Waals surface area (Å²) in [6, 6.07) is 12.7. The van der Waals surface area contributed by atoms with Gasteiger partial charge < -0.3 is 24.6 Å². The molecule has 0 bridgehead atoms. The van der Waals surface area contributed by atoms with Crippen molar-refractivity contribution in [3.05, 3.63) is 65.2 Å². The molecule has 1 atom stereocenters. The van der Waals surface area contributed by atoms with Crippen LogP contribution in [-0.2, 0) is 9.59 Å². The lowest BCUT2D eigenvalue weighted by molar-refractivity contribution is -0.140. The maximum absolute atomic E-state index is 12.7. The van der Waals surface area contributed by atoms with Crippen molar-refractivity contribution in [1.82, 2.24) is 4.90 Å². The topological polar surface area (TPSA) is 96.3 Å². The van der Waals surface area contributed by atoms with Crippen LogP contribution in [-0.4, -0.2) is 54.2 Å². The molecule has 2 aromatic rings. The summed E-state index contributed by atoms with van der Waals surface area (Å²) in [6.45, 7) is -0.364. The Morgan fingerprint density at radius 2 is 1.71 bits per heavy atom. The summed E-state index contributed by atoms with van der Waals surface area (Å²) in [4.78, 5) is 26.5. The quantitative estimate of drug-likeness (QED) is 0.451. The molecule has 7 nitrogen and oxygen atoms in total. The number of carbonyl (C=O) groups is 2. The van der Waals surface area contributed by atoms with Gasteiger partial charge in [-0.3, -0.25) is 9.59 Å². The SMILES string of the molecule is COc1ccc(C2/C(=C(/O)c3ccccc3)C(=O)C(=O)N2CCO)cc1OC. The maximum Gasteiger partial charge on any atom is 0.295 e. The third kappa shape index (κ3) is 3.32. The summed E-state index contributed by atoms with van der Waals surface area (Å²) in [6.07, 6.45) is 0. The fourth-order valence-corrected chi connectivity index (χ4v) is 3.34. The lowest BCUT2D eigenvalue weighted by atomic mass is 9.95. The summed E-state index contributed by atoms with van der Waals surface area (Å²) in [5.41, 5.74) is 0.953. The fraction of sp³-hybridized carbons (Fsp3) is 0.238. The highest BCUT2D eigenvalue weighted by Gasteiger charge is 2.46. The van der Waals surface area contributed by atoms with Gasteiger partial charge in [0, 0.05) is 12.1 Å². The monoisotopic (exact) mass is 383 g/mol. The maximum atomic E-state index is 12.7. The Kier molecular flexibility index (Phi) is 5.65. The Morgan fingerprint density at radius 1 is 1.04 bits per heavy atom. The molecule has 1 unspecified atom stereocenters. The van der Waals surface area contributed by atoms with Crippen molar-refractivity contribution in [2.24, 2.45) is 0 Å². The molecule has 1 amide bonds. The van der Waals surface area contributed by atoms with Gasteiger partial charge in [0.2, 0.25) is 0 Å². The molecule has 1 aliphatic heterocycles. The molecule has 0 spiro atoms. The molecule has 28 heavy (non-hydrogen) atoms. The van der Waals surface area contributed by atoms with E-state index in [1.807, 2.05) is 0 Å². The number of methoxy groups -OCH3 is 2. The van der Waals surface area contributed by atoms with E-state index in [2.05, 4.69) is 0 Å². The Morgan fingerprint density at radius 3 is 2.32 bits per heavy atom. The van der Waals surface area contributed by atoms with Gasteiger partial charge in [-0.2, -0.15) is 0 Å². The average molecular weight is 383 g/mol. The lowest BCUT2D eigenvalue weighted by Crippen LogP contribution is -2.32. The van der Waals surface area contributed by atoms with Gasteiger partial charge >= 0.3 is 0 Å².